The van der Waals surface area contributed by atoms with Crippen molar-refractivity contribution in [3.05, 3.63) is 83.9 Å². The van der Waals surface area contributed by atoms with E-state index in [1.165, 1.54) is 32.7 Å². The van der Waals surface area contributed by atoms with Gasteiger partial charge in [0.25, 0.3) is 0 Å². The number of halogens is 2. The molecule has 0 fully saturated rings. The minimum atomic E-state index is 0. The molecule has 4 aromatic rings. The summed E-state index contributed by atoms with van der Waals surface area (Å²) in [6, 6.07) is 25.5. The Hall–Kier alpha value is -0.877. The molecule has 116 valence electrons. The van der Waals surface area contributed by atoms with E-state index in [-0.39, 0.29) is 51.0 Å². The molecule has 0 unspecified atom stereocenters. The van der Waals surface area contributed by atoms with Crippen molar-refractivity contribution in [2.75, 3.05) is 0 Å². The quantitative estimate of drug-likeness (QED) is 0.344. The molecule has 0 radical (unpaired) electrons. The summed E-state index contributed by atoms with van der Waals surface area (Å²) in [7, 11) is 0. The van der Waals surface area contributed by atoms with Gasteiger partial charge in [0.2, 0.25) is 0 Å². The summed E-state index contributed by atoms with van der Waals surface area (Å²) in [5.74, 6) is 0. The van der Waals surface area contributed by atoms with Gasteiger partial charge in [-0.25, -0.2) is 0 Å². The first-order valence-electron chi connectivity index (χ1n) is 6.98. The van der Waals surface area contributed by atoms with E-state index >= 15 is 0 Å². The van der Waals surface area contributed by atoms with Gasteiger partial charge in [-0.05, 0) is 13.8 Å². The van der Waals surface area contributed by atoms with Crippen molar-refractivity contribution in [3.8, 4) is 0 Å². The van der Waals surface area contributed by atoms with Gasteiger partial charge in [-0.2, -0.15) is 24.3 Å². The summed E-state index contributed by atoms with van der Waals surface area (Å²) < 4.78 is 0. The number of hydrogen-bond donors (Lipinski definition) is 0. The van der Waals surface area contributed by atoms with Crippen LogP contribution in [-0.4, -0.2) is 0 Å². The second kappa shape index (κ2) is 10.1. The monoisotopic (exact) mass is 418 g/mol. The van der Waals surface area contributed by atoms with E-state index in [1.54, 1.807) is 0 Å². The minimum Gasteiger partial charge on any atom is -1.00 e. The summed E-state index contributed by atoms with van der Waals surface area (Å²) in [5.41, 5.74) is 2.73. The van der Waals surface area contributed by atoms with Crippen molar-refractivity contribution in [2.45, 2.75) is 13.8 Å². The van der Waals surface area contributed by atoms with Crippen LogP contribution < -0.4 is 24.8 Å². The molecule has 4 rings (SSSR count). The summed E-state index contributed by atoms with van der Waals surface area (Å²) in [5, 5.41) is 5.45. The van der Waals surface area contributed by atoms with Gasteiger partial charge in [0.05, 0.1) is 0 Å². The van der Waals surface area contributed by atoms with Crippen molar-refractivity contribution in [1.29, 1.82) is 0 Å². The first kappa shape index (κ1) is 22.1. The van der Waals surface area contributed by atoms with E-state index in [4.69, 9.17) is 0 Å². The first-order valence-corrected chi connectivity index (χ1v) is 6.98. The van der Waals surface area contributed by atoms with Crippen LogP contribution in [0.1, 0.15) is 11.1 Å². The Labute approximate surface area is 169 Å². The van der Waals surface area contributed by atoms with Crippen LogP contribution in [0.5, 0.6) is 0 Å². The topological polar surface area (TPSA) is 0 Å². The Morgan fingerprint density at radius 2 is 1.00 bits per heavy atom. The maximum atomic E-state index is 2.16. The van der Waals surface area contributed by atoms with Crippen LogP contribution in [-0.2, 0) is 26.2 Å². The molecule has 0 aliphatic carbocycles. The van der Waals surface area contributed by atoms with Crippen LogP contribution in [0.25, 0.3) is 21.5 Å². The molecule has 0 atom stereocenters. The molecule has 0 bridgehead atoms. The average Bonchev–Trinajstić information content (AvgIpc) is 3.08. The molecule has 23 heavy (non-hydrogen) atoms. The fourth-order valence-electron chi connectivity index (χ4n) is 2.65. The van der Waals surface area contributed by atoms with Gasteiger partial charge in [-0.3, -0.25) is 0 Å². The zero-order valence-electron chi connectivity index (χ0n) is 13.2. The van der Waals surface area contributed by atoms with Crippen LogP contribution in [0.3, 0.4) is 0 Å². The van der Waals surface area contributed by atoms with Crippen LogP contribution in [0.4, 0.5) is 0 Å². The Bertz CT molecular complexity index is 771. The zero-order valence-corrected chi connectivity index (χ0v) is 17.2. The molecule has 3 heteroatoms. The molecule has 0 saturated heterocycles. The zero-order chi connectivity index (χ0) is 13.9. The van der Waals surface area contributed by atoms with Crippen molar-refractivity contribution >= 4 is 21.5 Å². The SMILES string of the molecule is Cc1cccc2[cH-]ccc12.Cc1cccc2[cH-]ccc12.[Cl-].[Cl-].[Zr+4]. The number of fused-ring (bicyclic) bond motifs is 2. The third kappa shape index (κ3) is 5.05. The molecule has 0 spiro atoms. The number of rotatable bonds is 0. The maximum absolute atomic E-state index is 2.16. The van der Waals surface area contributed by atoms with Gasteiger partial charge < -0.3 is 24.8 Å². The van der Waals surface area contributed by atoms with E-state index in [0.717, 1.165) is 0 Å². The van der Waals surface area contributed by atoms with Gasteiger partial charge in [0.1, 0.15) is 0 Å². The second-order valence-electron chi connectivity index (χ2n) is 5.21. The Balaban J connectivity index is 0.000000372. The van der Waals surface area contributed by atoms with Crippen molar-refractivity contribution in [3.63, 3.8) is 0 Å². The molecule has 0 aliphatic heterocycles. The molecule has 0 amide bonds. The number of benzene rings is 2. The fraction of sp³-hybridized carbons (Fsp3) is 0.100. The molecule has 0 aromatic heterocycles. The van der Waals surface area contributed by atoms with Crippen LogP contribution >= 0.6 is 0 Å². The van der Waals surface area contributed by atoms with E-state index in [2.05, 4.69) is 86.6 Å². The number of hydrogen-bond acceptors (Lipinski definition) is 0. The van der Waals surface area contributed by atoms with Gasteiger partial charge in [-0.1, -0.05) is 23.3 Å². The van der Waals surface area contributed by atoms with E-state index in [1.807, 2.05) is 0 Å². The Morgan fingerprint density at radius 3 is 1.35 bits per heavy atom. The average molecular weight is 420 g/mol. The normalized spacial score (nSPS) is 9.13. The second-order valence-corrected chi connectivity index (χ2v) is 5.21. The van der Waals surface area contributed by atoms with Gasteiger partial charge in [0.15, 0.2) is 0 Å². The van der Waals surface area contributed by atoms with Gasteiger partial charge in [-0.15, -0.1) is 57.9 Å². The molecule has 0 saturated carbocycles. The predicted molar refractivity (Wildman–Crippen MR) is 88.6 cm³/mol. The molecule has 0 nitrogen and oxygen atoms in total. The third-order valence-corrected chi connectivity index (χ3v) is 3.79. The Morgan fingerprint density at radius 1 is 0.609 bits per heavy atom. The van der Waals surface area contributed by atoms with Crippen LogP contribution in [0, 0.1) is 13.8 Å². The summed E-state index contributed by atoms with van der Waals surface area (Å²) in [6.45, 7) is 4.28. The third-order valence-electron chi connectivity index (χ3n) is 3.79. The van der Waals surface area contributed by atoms with E-state index in [9.17, 15) is 0 Å². The summed E-state index contributed by atoms with van der Waals surface area (Å²) >= 11 is 0. The van der Waals surface area contributed by atoms with E-state index in [0.29, 0.717) is 0 Å². The standard InChI is InChI=1S/2C10H9.2ClH.Zr/c2*1-8-4-2-5-9-6-3-7-10(8)9;;;/h2*2-7H,1H3;2*1H;/q2*-1;;;+4/p-2. The Kier molecular flexibility index (Phi) is 9.70. The summed E-state index contributed by atoms with van der Waals surface area (Å²) in [4.78, 5) is 0. The van der Waals surface area contributed by atoms with Gasteiger partial charge >= 0.3 is 26.2 Å². The van der Waals surface area contributed by atoms with Crippen molar-refractivity contribution in [1.82, 2.24) is 0 Å². The number of aryl methyl sites for hydroxylation is 2. The predicted octanol–water partition coefficient (Wildman–Crippen LogP) is -0.260. The molecular formula is C20H18Cl2Zr. The van der Waals surface area contributed by atoms with Crippen molar-refractivity contribution < 1.29 is 51.0 Å². The maximum Gasteiger partial charge on any atom is 4.00 e. The molecule has 0 N–H and O–H groups in total. The first-order chi connectivity index (χ1) is 9.75. The largest absolute Gasteiger partial charge is 4.00 e. The van der Waals surface area contributed by atoms with Crippen LogP contribution in [0.2, 0.25) is 0 Å². The van der Waals surface area contributed by atoms with Gasteiger partial charge in [0, 0.05) is 0 Å². The van der Waals surface area contributed by atoms with E-state index < -0.39 is 0 Å². The van der Waals surface area contributed by atoms with Crippen LogP contribution in [0.15, 0.2) is 72.8 Å². The fourth-order valence-corrected chi connectivity index (χ4v) is 2.65. The molecular weight excluding hydrogens is 402 g/mol. The molecule has 0 heterocycles. The molecule has 4 aromatic carbocycles. The molecule has 0 aliphatic rings. The van der Waals surface area contributed by atoms with Crippen molar-refractivity contribution in [2.24, 2.45) is 0 Å². The minimum absolute atomic E-state index is 0. The summed E-state index contributed by atoms with van der Waals surface area (Å²) in [6.07, 6.45) is 0. The smallest absolute Gasteiger partial charge is 1.00 e.